The number of pyridine rings is 1. The van der Waals surface area contributed by atoms with Crippen molar-refractivity contribution in [2.75, 3.05) is 17.6 Å². The summed E-state index contributed by atoms with van der Waals surface area (Å²) in [7, 11) is 0. The van der Waals surface area contributed by atoms with E-state index in [4.69, 9.17) is 0 Å². The van der Waals surface area contributed by atoms with E-state index in [1.165, 1.54) is 0 Å². The summed E-state index contributed by atoms with van der Waals surface area (Å²) in [5.74, 6) is -0.887. The van der Waals surface area contributed by atoms with Gasteiger partial charge in [0.2, 0.25) is 11.8 Å². The predicted octanol–water partition coefficient (Wildman–Crippen LogP) is 2.79. The molecule has 31 heavy (non-hydrogen) atoms. The third kappa shape index (κ3) is 4.88. The molecule has 2 amide bonds. The molecule has 160 valence electrons. The largest absolute Gasteiger partial charge is 0.335 e. The molecule has 1 fully saturated rings. The molecule has 0 spiro atoms. The van der Waals surface area contributed by atoms with Gasteiger partial charge in [0.15, 0.2) is 11.0 Å². The van der Waals surface area contributed by atoms with Crippen molar-refractivity contribution in [1.82, 2.24) is 24.6 Å². The van der Waals surface area contributed by atoms with Gasteiger partial charge in [-0.25, -0.2) is 13.8 Å². The molecule has 1 aliphatic heterocycles. The lowest BCUT2D eigenvalue weighted by Crippen LogP contribution is -2.26. The number of halogens is 2. The zero-order valence-electron chi connectivity index (χ0n) is 16.3. The Kier molecular flexibility index (Phi) is 6.21. The number of amides is 2. The van der Waals surface area contributed by atoms with Crippen molar-refractivity contribution in [1.29, 1.82) is 0 Å². The Balaban J connectivity index is 1.51. The molecule has 1 aliphatic rings. The minimum Gasteiger partial charge on any atom is -0.335 e. The smallest absolute Gasteiger partial charge is 0.234 e. The summed E-state index contributed by atoms with van der Waals surface area (Å²) >= 11 is 1.08. The SMILES string of the molecule is O=C(CSc1nnc(CN2CCCC2=O)n1-c1ccccn1)Nc1cc(F)ccc1F. The van der Waals surface area contributed by atoms with Gasteiger partial charge in [-0.1, -0.05) is 17.8 Å². The number of benzene rings is 1. The quantitative estimate of drug-likeness (QED) is 0.564. The normalized spacial score (nSPS) is 13.6. The fourth-order valence-electron chi connectivity index (χ4n) is 3.16. The highest BCUT2D eigenvalue weighted by Gasteiger charge is 2.24. The van der Waals surface area contributed by atoms with Gasteiger partial charge in [0, 0.05) is 25.2 Å². The van der Waals surface area contributed by atoms with Crippen LogP contribution in [0.2, 0.25) is 0 Å². The fourth-order valence-corrected chi connectivity index (χ4v) is 3.92. The number of aromatic nitrogens is 4. The molecule has 0 bridgehead atoms. The van der Waals surface area contributed by atoms with Gasteiger partial charge >= 0.3 is 0 Å². The van der Waals surface area contributed by atoms with Gasteiger partial charge in [0.25, 0.3) is 0 Å². The van der Waals surface area contributed by atoms with Crippen LogP contribution in [-0.4, -0.2) is 48.8 Å². The first-order valence-electron chi connectivity index (χ1n) is 9.52. The number of likely N-dealkylation sites (tertiary alicyclic amines) is 1. The molecule has 0 saturated carbocycles. The van der Waals surface area contributed by atoms with E-state index < -0.39 is 17.5 Å². The van der Waals surface area contributed by atoms with Crippen molar-refractivity contribution in [3.63, 3.8) is 0 Å². The van der Waals surface area contributed by atoms with Crippen LogP contribution in [0.1, 0.15) is 18.7 Å². The molecule has 0 atom stereocenters. The maximum Gasteiger partial charge on any atom is 0.234 e. The number of thioether (sulfide) groups is 1. The van der Waals surface area contributed by atoms with E-state index in [-0.39, 0.29) is 23.9 Å². The van der Waals surface area contributed by atoms with Gasteiger partial charge in [0.1, 0.15) is 17.5 Å². The maximum atomic E-state index is 13.8. The Morgan fingerprint density at radius 2 is 2.06 bits per heavy atom. The van der Waals surface area contributed by atoms with Gasteiger partial charge in [-0.05, 0) is 30.7 Å². The van der Waals surface area contributed by atoms with Crippen molar-refractivity contribution in [2.45, 2.75) is 24.5 Å². The second-order valence-corrected chi connectivity index (χ2v) is 7.74. The van der Waals surface area contributed by atoms with Gasteiger partial charge in [0.05, 0.1) is 18.0 Å². The van der Waals surface area contributed by atoms with E-state index in [2.05, 4.69) is 20.5 Å². The highest BCUT2D eigenvalue weighted by molar-refractivity contribution is 7.99. The summed E-state index contributed by atoms with van der Waals surface area (Å²) in [4.78, 5) is 30.3. The van der Waals surface area contributed by atoms with Crippen molar-refractivity contribution in [2.24, 2.45) is 0 Å². The van der Waals surface area contributed by atoms with Crippen molar-refractivity contribution < 1.29 is 18.4 Å². The van der Waals surface area contributed by atoms with E-state index in [0.29, 0.717) is 29.8 Å². The molecule has 0 aliphatic carbocycles. The van der Waals surface area contributed by atoms with Gasteiger partial charge in [-0.2, -0.15) is 0 Å². The minimum atomic E-state index is -0.728. The highest BCUT2D eigenvalue weighted by atomic mass is 32.2. The Bertz CT molecular complexity index is 1110. The number of hydrogen-bond donors (Lipinski definition) is 1. The van der Waals surface area contributed by atoms with Crippen LogP contribution in [0.15, 0.2) is 47.8 Å². The van der Waals surface area contributed by atoms with Gasteiger partial charge in [-0.15, -0.1) is 10.2 Å². The van der Waals surface area contributed by atoms with Crippen LogP contribution in [0.3, 0.4) is 0 Å². The van der Waals surface area contributed by atoms with Gasteiger partial charge in [-0.3, -0.25) is 14.2 Å². The number of anilines is 1. The molecule has 0 unspecified atom stereocenters. The van der Waals surface area contributed by atoms with Crippen LogP contribution < -0.4 is 5.32 Å². The Labute approximate surface area is 180 Å². The second kappa shape index (κ2) is 9.21. The third-order valence-electron chi connectivity index (χ3n) is 4.62. The molecule has 2 aromatic heterocycles. The van der Waals surface area contributed by atoms with Crippen LogP contribution in [-0.2, 0) is 16.1 Å². The second-order valence-electron chi connectivity index (χ2n) is 6.80. The van der Waals surface area contributed by atoms with E-state index in [0.717, 1.165) is 36.4 Å². The predicted molar refractivity (Wildman–Crippen MR) is 110 cm³/mol. The number of rotatable bonds is 7. The third-order valence-corrected chi connectivity index (χ3v) is 5.55. The first kappa shape index (κ1) is 20.9. The van der Waals surface area contributed by atoms with E-state index in [1.807, 2.05) is 0 Å². The van der Waals surface area contributed by atoms with Crippen molar-refractivity contribution >= 4 is 29.3 Å². The van der Waals surface area contributed by atoms with Gasteiger partial charge < -0.3 is 10.2 Å². The molecule has 4 rings (SSSR count). The van der Waals surface area contributed by atoms with E-state index in [9.17, 15) is 18.4 Å². The zero-order chi connectivity index (χ0) is 21.8. The Morgan fingerprint density at radius 3 is 2.81 bits per heavy atom. The number of carbonyl (C=O) groups excluding carboxylic acids is 2. The molecule has 1 saturated heterocycles. The molecular formula is C20H18F2N6O2S. The average molecular weight is 444 g/mol. The van der Waals surface area contributed by atoms with E-state index in [1.54, 1.807) is 33.9 Å². The minimum absolute atomic E-state index is 0.0567. The summed E-state index contributed by atoms with van der Waals surface area (Å²) in [6, 6.07) is 8.18. The van der Waals surface area contributed by atoms with Crippen LogP contribution >= 0.6 is 11.8 Å². The fraction of sp³-hybridized carbons (Fsp3) is 0.250. The standard InChI is InChI=1S/C20H18F2N6O2S/c21-13-6-7-14(22)15(10-13)24-18(29)12-31-20-26-25-17(11-27-9-3-5-19(27)30)28(20)16-4-1-2-8-23-16/h1-2,4,6-8,10H,3,5,9,11-12H2,(H,24,29). The number of nitrogens with zero attached hydrogens (tertiary/aromatic N) is 5. The Hall–Kier alpha value is -3.34. The first-order chi connectivity index (χ1) is 15.0. The average Bonchev–Trinajstić information content (AvgIpc) is 3.36. The van der Waals surface area contributed by atoms with Crippen LogP contribution in [0.4, 0.5) is 14.5 Å². The Morgan fingerprint density at radius 1 is 1.19 bits per heavy atom. The molecule has 8 nitrogen and oxygen atoms in total. The molecule has 1 N–H and O–H groups in total. The first-order valence-corrected chi connectivity index (χ1v) is 10.5. The summed E-state index contributed by atoms with van der Waals surface area (Å²) in [5, 5.41) is 11.1. The molecule has 0 radical (unpaired) electrons. The number of carbonyl (C=O) groups is 2. The lowest BCUT2D eigenvalue weighted by Gasteiger charge is -2.16. The summed E-state index contributed by atoms with van der Waals surface area (Å²) < 4.78 is 28.7. The highest BCUT2D eigenvalue weighted by Crippen LogP contribution is 2.24. The topological polar surface area (TPSA) is 93.0 Å². The summed E-state index contributed by atoms with van der Waals surface area (Å²) in [6.07, 6.45) is 2.93. The number of hydrogen-bond acceptors (Lipinski definition) is 6. The maximum absolute atomic E-state index is 13.8. The molecule has 1 aromatic carbocycles. The zero-order valence-corrected chi connectivity index (χ0v) is 17.1. The molecular weight excluding hydrogens is 426 g/mol. The molecule has 3 heterocycles. The van der Waals surface area contributed by atoms with E-state index >= 15 is 0 Å². The lowest BCUT2D eigenvalue weighted by molar-refractivity contribution is -0.128. The number of nitrogens with one attached hydrogen (secondary N) is 1. The molecule has 11 heteroatoms. The molecule has 3 aromatic rings. The summed E-state index contributed by atoms with van der Waals surface area (Å²) in [5.41, 5.74) is -0.231. The van der Waals surface area contributed by atoms with Crippen LogP contribution in [0, 0.1) is 11.6 Å². The monoisotopic (exact) mass is 444 g/mol. The summed E-state index contributed by atoms with van der Waals surface area (Å²) in [6.45, 7) is 0.932. The van der Waals surface area contributed by atoms with Crippen molar-refractivity contribution in [3.05, 3.63) is 60.1 Å². The van der Waals surface area contributed by atoms with Crippen LogP contribution in [0.25, 0.3) is 5.82 Å². The lowest BCUT2D eigenvalue weighted by atomic mass is 10.3. The van der Waals surface area contributed by atoms with Crippen molar-refractivity contribution in [3.8, 4) is 5.82 Å². The van der Waals surface area contributed by atoms with Crippen LogP contribution in [0.5, 0.6) is 0 Å².